The predicted octanol–water partition coefficient (Wildman–Crippen LogP) is 6.56. The molecule has 2 amide bonds. The molecule has 1 heterocycles. The second-order valence-electron chi connectivity index (χ2n) is 7.79. The molecule has 0 spiro atoms. The summed E-state index contributed by atoms with van der Waals surface area (Å²) in [6.07, 6.45) is -10.2. The predicted molar refractivity (Wildman–Crippen MR) is 119 cm³/mol. The summed E-state index contributed by atoms with van der Waals surface area (Å²) in [5, 5.41) is 2.69. The second-order valence-corrected chi connectivity index (χ2v) is 8.20. The molecule has 3 aromatic carbocycles. The van der Waals surface area contributed by atoms with E-state index in [1.54, 1.807) is 24.3 Å². The molecule has 1 N–H and O–H groups in total. The average Bonchev–Trinajstić information content (AvgIpc) is 2.80. The summed E-state index contributed by atoms with van der Waals surface area (Å²) in [4.78, 5) is 26.5. The summed E-state index contributed by atoms with van der Waals surface area (Å²) in [6.45, 7) is -0.192. The lowest BCUT2D eigenvalue weighted by Gasteiger charge is -2.30. The van der Waals surface area contributed by atoms with Crippen LogP contribution in [0.25, 0.3) is 0 Å². The number of rotatable bonds is 4. The van der Waals surface area contributed by atoms with E-state index in [0.29, 0.717) is 22.7 Å². The number of halogens is 7. The van der Waals surface area contributed by atoms with Gasteiger partial charge in [0.15, 0.2) is 6.61 Å². The van der Waals surface area contributed by atoms with Crippen LogP contribution in [0.15, 0.2) is 60.7 Å². The van der Waals surface area contributed by atoms with Crippen LogP contribution in [0.2, 0.25) is 5.02 Å². The summed E-state index contributed by atoms with van der Waals surface area (Å²) in [5.74, 6) is -1.33. The summed E-state index contributed by atoms with van der Waals surface area (Å²) >= 11 is 6.19. The Hall–Kier alpha value is -3.73. The van der Waals surface area contributed by atoms with Gasteiger partial charge in [-0.25, -0.2) is 0 Å². The van der Waals surface area contributed by atoms with Gasteiger partial charge in [-0.15, -0.1) is 0 Å². The SMILES string of the molecule is O=C(Nc1ccc2c(c1)N(Cc1ccccc1Cl)C(=O)CO2)c1cc(C(F)(F)F)cc(C(F)(F)F)c1. The molecular formula is C24H15ClF6N2O3. The van der Waals surface area contributed by atoms with Gasteiger partial charge in [0.25, 0.3) is 11.8 Å². The van der Waals surface area contributed by atoms with Crippen molar-refractivity contribution < 1.29 is 40.7 Å². The maximum Gasteiger partial charge on any atom is 0.416 e. The van der Waals surface area contributed by atoms with E-state index in [-0.39, 0.29) is 36.3 Å². The number of alkyl halides is 6. The van der Waals surface area contributed by atoms with Crippen molar-refractivity contribution in [3.8, 4) is 5.75 Å². The Morgan fingerprint density at radius 1 is 0.944 bits per heavy atom. The average molecular weight is 529 g/mol. The van der Waals surface area contributed by atoms with Gasteiger partial charge in [0, 0.05) is 16.3 Å². The molecule has 4 rings (SSSR count). The van der Waals surface area contributed by atoms with E-state index in [2.05, 4.69) is 5.32 Å². The largest absolute Gasteiger partial charge is 0.482 e. The molecule has 0 unspecified atom stereocenters. The molecule has 1 aliphatic rings. The molecule has 0 aromatic heterocycles. The summed E-state index contributed by atoms with van der Waals surface area (Å²) in [7, 11) is 0. The highest BCUT2D eigenvalue weighted by atomic mass is 35.5. The molecule has 188 valence electrons. The van der Waals surface area contributed by atoms with Gasteiger partial charge >= 0.3 is 12.4 Å². The van der Waals surface area contributed by atoms with Crippen LogP contribution >= 0.6 is 11.6 Å². The van der Waals surface area contributed by atoms with Crippen molar-refractivity contribution in [1.29, 1.82) is 0 Å². The van der Waals surface area contributed by atoms with Gasteiger partial charge in [-0.1, -0.05) is 29.8 Å². The smallest absolute Gasteiger partial charge is 0.416 e. The Morgan fingerprint density at radius 2 is 1.58 bits per heavy atom. The van der Waals surface area contributed by atoms with Gasteiger partial charge < -0.3 is 15.0 Å². The van der Waals surface area contributed by atoms with Crippen molar-refractivity contribution in [2.45, 2.75) is 18.9 Å². The molecule has 1 aliphatic heterocycles. The van der Waals surface area contributed by atoms with Crippen molar-refractivity contribution in [1.82, 2.24) is 0 Å². The molecule has 5 nitrogen and oxygen atoms in total. The first-order valence-corrected chi connectivity index (χ1v) is 10.6. The van der Waals surface area contributed by atoms with Gasteiger partial charge in [-0.3, -0.25) is 9.59 Å². The Bertz CT molecular complexity index is 1310. The quantitative estimate of drug-likeness (QED) is 0.390. The van der Waals surface area contributed by atoms with Gasteiger partial charge in [0.1, 0.15) is 5.75 Å². The Balaban J connectivity index is 1.65. The Kier molecular flexibility index (Phi) is 6.61. The Labute approximate surface area is 205 Å². The van der Waals surface area contributed by atoms with Crippen LogP contribution in [0.3, 0.4) is 0 Å². The van der Waals surface area contributed by atoms with Crippen molar-refractivity contribution in [2.24, 2.45) is 0 Å². The molecule has 0 atom stereocenters. The lowest BCUT2D eigenvalue weighted by atomic mass is 10.0. The third-order valence-electron chi connectivity index (χ3n) is 5.30. The standard InChI is InChI=1S/C24H15ClF6N2O3/c25-18-4-2-1-3-13(18)11-33-19-10-17(5-6-20(19)36-12-21(33)34)32-22(35)14-7-15(23(26,27)28)9-16(8-14)24(29,30)31/h1-10H,11-12H2,(H,32,35). The molecule has 3 aromatic rings. The first kappa shape index (κ1) is 25.4. The third kappa shape index (κ3) is 5.40. The van der Waals surface area contributed by atoms with E-state index in [0.717, 1.165) is 0 Å². The monoisotopic (exact) mass is 528 g/mol. The minimum absolute atomic E-state index is 0.0205. The fraction of sp³-hybridized carbons (Fsp3) is 0.167. The van der Waals surface area contributed by atoms with E-state index < -0.39 is 40.9 Å². The minimum atomic E-state index is -5.10. The summed E-state index contributed by atoms with van der Waals surface area (Å²) < 4.78 is 84.3. The van der Waals surface area contributed by atoms with Gasteiger partial charge in [0.2, 0.25) is 0 Å². The number of carbonyl (C=O) groups is 2. The fourth-order valence-corrected chi connectivity index (χ4v) is 3.73. The Morgan fingerprint density at radius 3 is 2.19 bits per heavy atom. The minimum Gasteiger partial charge on any atom is -0.482 e. The van der Waals surface area contributed by atoms with Gasteiger partial charge in [-0.2, -0.15) is 26.3 Å². The molecule has 0 radical (unpaired) electrons. The number of benzene rings is 3. The molecular weight excluding hydrogens is 514 g/mol. The number of fused-ring (bicyclic) bond motifs is 1. The van der Waals surface area contributed by atoms with Crippen LogP contribution in [0, 0.1) is 0 Å². The number of carbonyl (C=O) groups excluding carboxylic acids is 2. The topological polar surface area (TPSA) is 58.6 Å². The van der Waals surface area contributed by atoms with E-state index in [1.165, 1.54) is 23.1 Å². The number of hydrogen-bond donors (Lipinski definition) is 1. The second kappa shape index (κ2) is 9.38. The molecule has 0 saturated heterocycles. The molecule has 0 saturated carbocycles. The van der Waals surface area contributed by atoms with Crippen molar-refractivity contribution >= 4 is 34.8 Å². The number of anilines is 2. The molecule has 0 aliphatic carbocycles. The number of ether oxygens (including phenoxy) is 1. The fourth-order valence-electron chi connectivity index (χ4n) is 3.54. The zero-order valence-electron chi connectivity index (χ0n) is 18.0. The summed E-state index contributed by atoms with van der Waals surface area (Å²) in [6, 6.07) is 11.5. The first-order valence-electron chi connectivity index (χ1n) is 10.2. The molecule has 12 heteroatoms. The molecule has 36 heavy (non-hydrogen) atoms. The van der Waals surface area contributed by atoms with Crippen molar-refractivity contribution in [3.05, 3.63) is 87.9 Å². The zero-order chi connectivity index (χ0) is 26.3. The van der Waals surface area contributed by atoms with E-state index >= 15 is 0 Å². The van der Waals surface area contributed by atoms with E-state index in [4.69, 9.17) is 16.3 Å². The molecule has 0 bridgehead atoms. The van der Waals surface area contributed by atoms with Crippen LogP contribution in [0.1, 0.15) is 27.0 Å². The highest BCUT2D eigenvalue weighted by Gasteiger charge is 2.37. The first-order chi connectivity index (χ1) is 16.8. The number of amides is 2. The van der Waals surface area contributed by atoms with Crippen molar-refractivity contribution in [2.75, 3.05) is 16.8 Å². The number of nitrogens with zero attached hydrogens (tertiary/aromatic N) is 1. The lowest BCUT2D eigenvalue weighted by Crippen LogP contribution is -2.38. The van der Waals surface area contributed by atoms with Crippen LogP contribution in [-0.4, -0.2) is 18.4 Å². The lowest BCUT2D eigenvalue weighted by molar-refractivity contribution is -0.143. The van der Waals surface area contributed by atoms with Crippen LogP contribution in [-0.2, 0) is 23.7 Å². The summed E-state index contributed by atoms with van der Waals surface area (Å²) in [5.41, 5.74) is -3.18. The van der Waals surface area contributed by atoms with E-state index in [9.17, 15) is 35.9 Å². The van der Waals surface area contributed by atoms with Crippen LogP contribution in [0.5, 0.6) is 5.75 Å². The highest BCUT2D eigenvalue weighted by Crippen LogP contribution is 2.38. The van der Waals surface area contributed by atoms with Crippen molar-refractivity contribution in [3.63, 3.8) is 0 Å². The zero-order valence-corrected chi connectivity index (χ0v) is 18.8. The number of nitrogens with one attached hydrogen (secondary N) is 1. The normalized spacial score (nSPS) is 13.8. The third-order valence-corrected chi connectivity index (χ3v) is 5.66. The van der Waals surface area contributed by atoms with Crippen LogP contribution < -0.4 is 15.0 Å². The highest BCUT2D eigenvalue weighted by molar-refractivity contribution is 6.31. The molecule has 0 fully saturated rings. The number of hydrogen-bond acceptors (Lipinski definition) is 3. The maximum atomic E-state index is 13.1. The maximum absolute atomic E-state index is 13.1. The van der Waals surface area contributed by atoms with Gasteiger partial charge in [0.05, 0.1) is 23.4 Å². The van der Waals surface area contributed by atoms with E-state index in [1.807, 2.05) is 0 Å². The van der Waals surface area contributed by atoms with Crippen LogP contribution in [0.4, 0.5) is 37.7 Å². The van der Waals surface area contributed by atoms with Gasteiger partial charge in [-0.05, 0) is 48.0 Å².